The summed E-state index contributed by atoms with van der Waals surface area (Å²) >= 11 is 3.23. The summed E-state index contributed by atoms with van der Waals surface area (Å²) in [6, 6.07) is 4.40. The highest BCUT2D eigenvalue weighted by molar-refractivity contribution is 9.10. The van der Waals surface area contributed by atoms with E-state index in [1.807, 2.05) is 0 Å². The standard InChI is InChI=1S/C13H13BrFNO2/c14-9-3-6-11(15)12(7-9)16-13(18)8-1-4-10(17)5-2-8/h3,6-8H,1-2,4-5H2,(H,16,18). The van der Waals surface area contributed by atoms with Gasteiger partial charge in [-0.2, -0.15) is 0 Å². The first-order chi connectivity index (χ1) is 8.56. The van der Waals surface area contributed by atoms with Crippen LogP contribution in [-0.2, 0) is 9.59 Å². The van der Waals surface area contributed by atoms with Gasteiger partial charge < -0.3 is 5.32 Å². The van der Waals surface area contributed by atoms with Crippen LogP contribution in [0.2, 0.25) is 0 Å². The van der Waals surface area contributed by atoms with Gasteiger partial charge in [0.1, 0.15) is 11.6 Å². The molecule has 1 aliphatic carbocycles. The number of anilines is 1. The average Bonchev–Trinajstić information content (AvgIpc) is 2.34. The number of carbonyl (C=O) groups is 2. The average molecular weight is 314 g/mol. The van der Waals surface area contributed by atoms with Crippen molar-refractivity contribution in [3.05, 3.63) is 28.5 Å². The summed E-state index contributed by atoms with van der Waals surface area (Å²) in [5.41, 5.74) is 0.172. The number of rotatable bonds is 2. The SMILES string of the molecule is O=C1CCC(C(=O)Nc2cc(Br)ccc2F)CC1. The van der Waals surface area contributed by atoms with Gasteiger partial charge >= 0.3 is 0 Å². The van der Waals surface area contributed by atoms with E-state index in [1.54, 1.807) is 6.07 Å². The van der Waals surface area contributed by atoms with E-state index < -0.39 is 5.82 Å². The highest BCUT2D eigenvalue weighted by atomic mass is 79.9. The van der Waals surface area contributed by atoms with Crippen LogP contribution >= 0.6 is 15.9 Å². The van der Waals surface area contributed by atoms with Gasteiger partial charge in [-0.3, -0.25) is 9.59 Å². The molecule has 3 nitrogen and oxygen atoms in total. The zero-order valence-electron chi connectivity index (χ0n) is 9.71. The Morgan fingerprint density at radius 1 is 1.33 bits per heavy atom. The zero-order valence-corrected chi connectivity index (χ0v) is 11.3. The molecule has 0 unspecified atom stereocenters. The predicted octanol–water partition coefficient (Wildman–Crippen LogP) is 3.29. The quantitative estimate of drug-likeness (QED) is 0.910. The van der Waals surface area contributed by atoms with Gasteiger partial charge in [0.15, 0.2) is 0 Å². The minimum Gasteiger partial charge on any atom is -0.323 e. The van der Waals surface area contributed by atoms with E-state index in [4.69, 9.17) is 0 Å². The van der Waals surface area contributed by atoms with E-state index in [1.165, 1.54) is 12.1 Å². The fourth-order valence-electron chi connectivity index (χ4n) is 2.03. The summed E-state index contributed by atoms with van der Waals surface area (Å²) < 4.78 is 14.2. The molecule has 0 heterocycles. The molecule has 0 aliphatic heterocycles. The van der Waals surface area contributed by atoms with Crippen molar-refractivity contribution < 1.29 is 14.0 Å². The van der Waals surface area contributed by atoms with Crippen molar-refractivity contribution in [1.82, 2.24) is 0 Å². The number of amides is 1. The molecular weight excluding hydrogens is 301 g/mol. The lowest BCUT2D eigenvalue weighted by Crippen LogP contribution is -2.27. The van der Waals surface area contributed by atoms with E-state index >= 15 is 0 Å². The van der Waals surface area contributed by atoms with Gasteiger partial charge in [-0.15, -0.1) is 0 Å². The third kappa shape index (κ3) is 3.16. The summed E-state index contributed by atoms with van der Waals surface area (Å²) in [5, 5.41) is 2.58. The van der Waals surface area contributed by atoms with E-state index in [2.05, 4.69) is 21.2 Å². The number of halogens is 2. The maximum Gasteiger partial charge on any atom is 0.227 e. The third-order valence-corrected chi connectivity index (χ3v) is 3.59. The Labute approximate surface area is 113 Å². The molecule has 0 atom stereocenters. The summed E-state index contributed by atoms with van der Waals surface area (Å²) in [4.78, 5) is 23.0. The molecule has 1 amide bonds. The summed E-state index contributed by atoms with van der Waals surface area (Å²) in [6.07, 6.45) is 2.00. The largest absolute Gasteiger partial charge is 0.323 e. The van der Waals surface area contributed by atoms with Crippen LogP contribution in [0.25, 0.3) is 0 Å². The number of benzene rings is 1. The van der Waals surface area contributed by atoms with Crippen LogP contribution in [0.4, 0.5) is 10.1 Å². The molecule has 0 bridgehead atoms. The van der Waals surface area contributed by atoms with Crippen molar-refractivity contribution in [1.29, 1.82) is 0 Å². The Bertz CT molecular complexity index is 480. The van der Waals surface area contributed by atoms with Gasteiger partial charge in [-0.25, -0.2) is 4.39 Å². The highest BCUT2D eigenvalue weighted by Crippen LogP contribution is 2.25. The minimum atomic E-state index is -0.460. The summed E-state index contributed by atoms with van der Waals surface area (Å²) in [5.74, 6) is -0.660. The molecule has 0 radical (unpaired) electrons. The number of ketones is 1. The van der Waals surface area contributed by atoms with Gasteiger partial charge in [0, 0.05) is 23.2 Å². The molecule has 1 aromatic carbocycles. The highest BCUT2D eigenvalue weighted by Gasteiger charge is 2.25. The Hall–Kier alpha value is -1.23. The van der Waals surface area contributed by atoms with Crippen LogP contribution in [0.1, 0.15) is 25.7 Å². The van der Waals surface area contributed by atoms with Crippen molar-refractivity contribution in [2.45, 2.75) is 25.7 Å². The first kappa shape index (κ1) is 13.2. The van der Waals surface area contributed by atoms with Crippen LogP contribution in [0, 0.1) is 11.7 Å². The molecule has 0 saturated heterocycles. The lowest BCUT2D eigenvalue weighted by molar-refractivity contribution is -0.125. The Morgan fingerprint density at radius 2 is 2.00 bits per heavy atom. The van der Waals surface area contributed by atoms with Crippen molar-refractivity contribution >= 4 is 33.3 Å². The van der Waals surface area contributed by atoms with Gasteiger partial charge in [-0.05, 0) is 31.0 Å². The van der Waals surface area contributed by atoms with Crippen molar-refractivity contribution in [3.63, 3.8) is 0 Å². The number of hydrogen-bond donors (Lipinski definition) is 1. The fourth-order valence-corrected chi connectivity index (χ4v) is 2.39. The fraction of sp³-hybridized carbons (Fsp3) is 0.385. The van der Waals surface area contributed by atoms with Gasteiger partial charge in [0.05, 0.1) is 5.69 Å². The van der Waals surface area contributed by atoms with Crippen molar-refractivity contribution in [2.24, 2.45) is 5.92 Å². The molecule has 18 heavy (non-hydrogen) atoms. The molecular formula is C13H13BrFNO2. The molecule has 0 aromatic heterocycles. The van der Waals surface area contributed by atoms with Gasteiger partial charge in [0.2, 0.25) is 5.91 Å². The molecule has 2 rings (SSSR count). The molecule has 1 saturated carbocycles. The number of Topliss-reactive ketones (excluding diaryl/α,β-unsaturated/α-hetero) is 1. The normalized spacial score (nSPS) is 16.7. The second-order valence-electron chi connectivity index (χ2n) is 4.43. The van der Waals surface area contributed by atoms with Crippen LogP contribution in [0.5, 0.6) is 0 Å². The maximum atomic E-state index is 13.5. The van der Waals surface area contributed by atoms with Crippen molar-refractivity contribution in [3.8, 4) is 0 Å². The lowest BCUT2D eigenvalue weighted by atomic mass is 9.88. The maximum absolute atomic E-state index is 13.5. The molecule has 1 aromatic rings. The molecule has 0 spiro atoms. The van der Waals surface area contributed by atoms with E-state index in [0.29, 0.717) is 30.2 Å². The minimum absolute atomic E-state index is 0.172. The molecule has 96 valence electrons. The van der Waals surface area contributed by atoms with Crippen LogP contribution in [0.3, 0.4) is 0 Å². The molecule has 1 aliphatic rings. The number of carbonyl (C=O) groups excluding carboxylic acids is 2. The predicted molar refractivity (Wildman–Crippen MR) is 69.7 cm³/mol. The Kier molecular flexibility index (Phi) is 4.11. The summed E-state index contributed by atoms with van der Waals surface area (Å²) in [6.45, 7) is 0. The van der Waals surface area contributed by atoms with Crippen LogP contribution in [0.15, 0.2) is 22.7 Å². The zero-order chi connectivity index (χ0) is 13.1. The summed E-state index contributed by atoms with van der Waals surface area (Å²) in [7, 11) is 0. The van der Waals surface area contributed by atoms with Crippen molar-refractivity contribution in [2.75, 3.05) is 5.32 Å². The smallest absolute Gasteiger partial charge is 0.227 e. The second kappa shape index (κ2) is 5.61. The number of hydrogen-bond acceptors (Lipinski definition) is 2. The monoisotopic (exact) mass is 313 g/mol. The lowest BCUT2D eigenvalue weighted by Gasteiger charge is -2.20. The Morgan fingerprint density at radius 3 is 2.67 bits per heavy atom. The molecule has 1 N–H and O–H groups in total. The third-order valence-electron chi connectivity index (χ3n) is 3.10. The first-order valence-corrected chi connectivity index (χ1v) is 6.63. The molecule has 5 heteroatoms. The molecule has 1 fully saturated rings. The topological polar surface area (TPSA) is 46.2 Å². The second-order valence-corrected chi connectivity index (χ2v) is 5.34. The van der Waals surface area contributed by atoms with Gasteiger partial charge in [-0.1, -0.05) is 15.9 Å². The van der Waals surface area contributed by atoms with E-state index in [9.17, 15) is 14.0 Å². The van der Waals surface area contributed by atoms with E-state index in [0.717, 1.165) is 0 Å². The van der Waals surface area contributed by atoms with Crippen LogP contribution in [-0.4, -0.2) is 11.7 Å². The van der Waals surface area contributed by atoms with E-state index in [-0.39, 0.29) is 23.3 Å². The number of nitrogens with one attached hydrogen (secondary N) is 1. The Balaban J connectivity index is 2.02. The van der Waals surface area contributed by atoms with Crippen LogP contribution < -0.4 is 5.32 Å². The van der Waals surface area contributed by atoms with Gasteiger partial charge in [0.25, 0.3) is 0 Å². The first-order valence-electron chi connectivity index (χ1n) is 5.84.